The first-order chi connectivity index (χ1) is 12.3. The fourth-order valence-electron chi connectivity index (χ4n) is 4.35. The van der Waals surface area contributed by atoms with Crippen LogP contribution in [0, 0.1) is 0 Å². The Morgan fingerprint density at radius 3 is 2.68 bits per heavy atom. The maximum Gasteiger partial charge on any atom is 0.244 e. The summed E-state index contributed by atoms with van der Waals surface area (Å²) in [6.45, 7) is 3.27. The van der Waals surface area contributed by atoms with Gasteiger partial charge in [-0.15, -0.1) is 0 Å². The summed E-state index contributed by atoms with van der Waals surface area (Å²) in [5.41, 5.74) is 1.35. The van der Waals surface area contributed by atoms with Gasteiger partial charge in [-0.2, -0.15) is 5.10 Å². The highest BCUT2D eigenvalue weighted by atomic mass is 16.2. The first-order valence-electron chi connectivity index (χ1n) is 9.21. The smallest absolute Gasteiger partial charge is 0.244 e. The minimum Gasteiger partial charge on any atom is -0.337 e. The molecule has 0 unspecified atom stereocenters. The van der Waals surface area contributed by atoms with E-state index in [2.05, 4.69) is 50.2 Å². The molecule has 2 aliphatic heterocycles. The molecule has 1 aromatic carbocycles. The monoisotopic (exact) mass is 339 g/mol. The van der Waals surface area contributed by atoms with E-state index in [1.807, 2.05) is 0 Å². The van der Waals surface area contributed by atoms with Crippen molar-refractivity contribution in [1.29, 1.82) is 0 Å². The Bertz CT molecular complexity index is 687. The van der Waals surface area contributed by atoms with Gasteiger partial charge in [0.25, 0.3) is 0 Å². The highest BCUT2D eigenvalue weighted by Crippen LogP contribution is 2.31. The Balaban J connectivity index is 1.44. The van der Waals surface area contributed by atoms with Crippen LogP contribution in [0.25, 0.3) is 0 Å². The topological polar surface area (TPSA) is 54.3 Å². The molecular formula is C19H25N5O. The van der Waals surface area contributed by atoms with Crippen molar-refractivity contribution < 1.29 is 4.79 Å². The van der Waals surface area contributed by atoms with Crippen molar-refractivity contribution in [3.05, 3.63) is 48.5 Å². The van der Waals surface area contributed by atoms with E-state index in [0.29, 0.717) is 18.6 Å². The van der Waals surface area contributed by atoms with E-state index in [1.165, 1.54) is 24.7 Å². The molecule has 0 radical (unpaired) electrons. The molecule has 0 spiro atoms. The van der Waals surface area contributed by atoms with Crippen molar-refractivity contribution >= 4 is 5.91 Å². The van der Waals surface area contributed by atoms with Crippen LogP contribution in [0.15, 0.2) is 43.0 Å². The van der Waals surface area contributed by atoms with E-state index in [9.17, 15) is 4.79 Å². The predicted molar refractivity (Wildman–Crippen MR) is 94.6 cm³/mol. The Morgan fingerprint density at radius 2 is 1.88 bits per heavy atom. The van der Waals surface area contributed by atoms with Gasteiger partial charge in [0, 0.05) is 25.2 Å². The molecule has 2 saturated heterocycles. The standard InChI is InChI=1S/C19H25N5O/c25-19(13-23-15-20-14-21-23)24-11-5-9-18(24)17-8-4-10-22(17)12-16-6-2-1-3-7-16/h1-3,6-7,14-15,17-18H,4-5,8-13H2/t17-,18+/m1/s1. The average Bonchev–Trinajstić information content (AvgIpc) is 3.36. The average molecular weight is 339 g/mol. The van der Waals surface area contributed by atoms with E-state index in [4.69, 9.17) is 0 Å². The summed E-state index contributed by atoms with van der Waals surface area (Å²) < 4.78 is 1.62. The molecular weight excluding hydrogens is 314 g/mol. The van der Waals surface area contributed by atoms with Gasteiger partial charge in [-0.25, -0.2) is 9.67 Å². The zero-order valence-corrected chi connectivity index (χ0v) is 14.5. The van der Waals surface area contributed by atoms with E-state index in [0.717, 1.165) is 32.5 Å². The molecule has 2 aliphatic rings. The molecule has 0 aliphatic carbocycles. The quantitative estimate of drug-likeness (QED) is 0.835. The van der Waals surface area contributed by atoms with Crippen LogP contribution in [0.1, 0.15) is 31.2 Å². The Hall–Kier alpha value is -2.21. The molecule has 2 fully saturated rings. The van der Waals surface area contributed by atoms with E-state index in [1.54, 1.807) is 11.0 Å². The molecule has 6 heteroatoms. The van der Waals surface area contributed by atoms with Gasteiger partial charge in [0.2, 0.25) is 5.91 Å². The summed E-state index contributed by atoms with van der Waals surface area (Å²) in [5, 5.41) is 4.07. The van der Waals surface area contributed by atoms with Gasteiger partial charge in [0.05, 0.1) is 0 Å². The predicted octanol–water partition coefficient (Wildman–Crippen LogP) is 1.93. The molecule has 1 aromatic heterocycles. The van der Waals surface area contributed by atoms with Gasteiger partial charge in [-0.3, -0.25) is 9.69 Å². The first-order valence-corrected chi connectivity index (χ1v) is 9.21. The molecule has 25 heavy (non-hydrogen) atoms. The molecule has 2 atom stereocenters. The lowest BCUT2D eigenvalue weighted by Gasteiger charge is -2.35. The van der Waals surface area contributed by atoms with Crippen LogP contribution in [0.5, 0.6) is 0 Å². The van der Waals surface area contributed by atoms with Crippen LogP contribution in [0.3, 0.4) is 0 Å². The molecule has 4 rings (SSSR count). The van der Waals surface area contributed by atoms with Crippen molar-refractivity contribution in [3.63, 3.8) is 0 Å². The van der Waals surface area contributed by atoms with Gasteiger partial charge in [-0.1, -0.05) is 30.3 Å². The van der Waals surface area contributed by atoms with Gasteiger partial charge in [0.15, 0.2) is 0 Å². The summed E-state index contributed by atoms with van der Waals surface area (Å²) in [6.07, 6.45) is 7.71. The Morgan fingerprint density at radius 1 is 1.08 bits per heavy atom. The van der Waals surface area contributed by atoms with Gasteiger partial charge >= 0.3 is 0 Å². The highest BCUT2D eigenvalue weighted by molar-refractivity contribution is 5.76. The van der Waals surface area contributed by atoms with E-state index < -0.39 is 0 Å². The summed E-state index contributed by atoms with van der Waals surface area (Å²) >= 11 is 0. The maximum absolute atomic E-state index is 12.8. The van der Waals surface area contributed by atoms with Crippen molar-refractivity contribution in [2.24, 2.45) is 0 Å². The normalized spacial score (nSPS) is 24.1. The number of hydrogen-bond acceptors (Lipinski definition) is 4. The van der Waals surface area contributed by atoms with Crippen molar-refractivity contribution in [3.8, 4) is 0 Å². The zero-order chi connectivity index (χ0) is 17.1. The number of amides is 1. The molecule has 3 heterocycles. The maximum atomic E-state index is 12.8. The second-order valence-electron chi connectivity index (χ2n) is 7.06. The third-order valence-electron chi connectivity index (χ3n) is 5.47. The number of hydrogen-bond donors (Lipinski definition) is 0. The number of nitrogens with zero attached hydrogens (tertiary/aromatic N) is 5. The van der Waals surface area contributed by atoms with E-state index in [-0.39, 0.29) is 5.91 Å². The van der Waals surface area contributed by atoms with Crippen LogP contribution in [0.4, 0.5) is 0 Å². The zero-order valence-electron chi connectivity index (χ0n) is 14.5. The number of rotatable bonds is 5. The van der Waals surface area contributed by atoms with E-state index >= 15 is 0 Å². The first kappa shape index (κ1) is 16.3. The molecule has 132 valence electrons. The van der Waals surface area contributed by atoms with Gasteiger partial charge in [-0.05, 0) is 37.8 Å². The molecule has 1 amide bonds. The van der Waals surface area contributed by atoms with Crippen molar-refractivity contribution in [2.45, 2.75) is 50.9 Å². The fourth-order valence-corrected chi connectivity index (χ4v) is 4.35. The summed E-state index contributed by atoms with van der Waals surface area (Å²) in [7, 11) is 0. The third kappa shape index (κ3) is 3.58. The lowest BCUT2D eigenvalue weighted by atomic mass is 10.0. The van der Waals surface area contributed by atoms with Gasteiger partial charge in [0.1, 0.15) is 19.2 Å². The van der Waals surface area contributed by atoms with Crippen LogP contribution >= 0.6 is 0 Å². The Kier molecular flexibility index (Phi) is 4.78. The minimum atomic E-state index is 0.166. The SMILES string of the molecule is O=C(Cn1cncn1)N1CCC[C@H]1[C@H]1CCCN1Cc1ccccc1. The molecule has 0 bridgehead atoms. The Labute approximate surface area is 148 Å². The number of carbonyl (C=O) groups is 1. The number of carbonyl (C=O) groups excluding carboxylic acids is 1. The summed E-state index contributed by atoms with van der Waals surface area (Å²) in [4.78, 5) is 21.4. The molecule has 0 N–H and O–H groups in total. The molecule has 0 saturated carbocycles. The van der Waals surface area contributed by atoms with Crippen molar-refractivity contribution in [2.75, 3.05) is 13.1 Å². The number of aromatic nitrogens is 3. The van der Waals surface area contributed by atoms with Crippen LogP contribution in [-0.4, -0.2) is 55.6 Å². The number of benzene rings is 1. The molecule has 2 aromatic rings. The second-order valence-corrected chi connectivity index (χ2v) is 7.06. The summed E-state index contributed by atoms with van der Waals surface area (Å²) in [6, 6.07) is 11.5. The van der Waals surface area contributed by atoms with Crippen LogP contribution < -0.4 is 0 Å². The fraction of sp³-hybridized carbons (Fsp3) is 0.526. The summed E-state index contributed by atoms with van der Waals surface area (Å²) in [5.74, 6) is 0.166. The lowest BCUT2D eigenvalue weighted by molar-refractivity contribution is -0.134. The largest absolute Gasteiger partial charge is 0.337 e. The van der Waals surface area contributed by atoms with Crippen molar-refractivity contribution in [1.82, 2.24) is 24.6 Å². The minimum absolute atomic E-state index is 0.166. The lowest BCUT2D eigenvalue weighted by Crippen LogP contribution is -2.48. The second kappa shape index (κ2) is 7.35. The highest BCUT2D eigenvalue weighted by Gasteiger charge is 2.39. The number of likely N-dealkylation sites (tertiary alicyclic amines) is 2. The van der Waals surface area contributed by atoms with Crippen LogP contribution in [0.2, 0.25) is 0 Å². The van der Waals surface area contributed by atoms with Gasteiger partial charge < -0.3 is 4.90 Å². The third-order valence-corrected chi connectivity index (χ3v) is 5.47. The van der Waals surface area contributed by atoms with Crippen LogP contribution in [-0.2, 0) is 17.9 Å². The molecule has 6 nitrogen and oxygen atoms in total.